The third-order valence-corrected chi connectivity index (χ3v) is 4.23. The van der Waals surface area contributed by atoms with Crippen LogP contribution in [-0.4, -0.2) is 5.78 Å². The molecule has 1 nitrogen and oxygen atoms in total. The van der Waals surface area contributed by atoms with Crippen molar-refractivity contribution >= 4 is 5.78 Å². The Labute approximate surface area is 67.2 Å². The lowest BCUT2D eigenvalue weighted by molar-refractivity contribution is -0.128. The Bertz CT molecular complexity index is 215. The van der Waals surface area contributed by atoms with Crippen LogP contribution in [0, 0.1) is 17.3 Å². The first kappa shape index (κ1) is 6.22. The molecule has 0 aromatic rings. The van der Waals surface area contributed by atoms with Gasteiger partial charge in [0.25, 0.3) is 0 Å². The summed E-state index contributed by atoms with van der Waals surface area (Å²) in [5, 5.41) is 0. The van der Waals surface area contributed by atoms with E-state index in [0.717, 1.165) is 12.3 Å². The molecule has 2 unspecified atom stereocenters. The molecule has 3 saturated carbocycles. The van der Waals surface area contributed by atoms with Crippen LogP contribution in [0.2, 0.25) is 0 Å². The Balaban J connectivity index is 1.95. The van der Waals surface area contributed by atoms with Crippen molar-refractivity contribution in [3.05, 3.63) is 0 Å². The fourth-order valence-electron chi connectivity index (χ4n) is 3.62. The molecule has 0 amide bonds. The lowest BCUT2D eigenvalue weighted by Gasteiger charge is -2.44. The molecular weight excluding hydrogens is 136 g/mol. The van der Waals surface area contributed by atoms with Gasteiger partial charge in [-0.25, -0.2) is 0 Å². The second-order valence-corrected chi connectivity index (χ2v) is 4.74. The smallest absolute Gasteiger partial charge is 0.136 e. The van der Waals surface area contributed by atoms with E-state index in [4.69, 9.17) is 0 Å². The quantitative estimate of drug-likeness (QED) is 0.517. The van der Waals surface area contributed by atoms with Crippen LogP contribution in [-0.2, 0) is 4.79 Å². The minimum atomic E-state index is 0.515. The molecule has 0 heterocycles. The van der Waals surface area contributed by atoms with Gasteiger partial charge in [-0.3, -0.25) is 4.79 Å². The summed E-state index contributed by atoms with van der Waals surface area (Å²) in [6, 6.07) is 0. The minimum Gasteiger partial charge on any atom is -0.299 e. The van der Waals surface area contributed by atoms with E-state index in [1.165, 1.54) is 32.1 Å². The lowest BCUT2D eigenvalue weighted by Crippen LogP contribution is -2.38. The van der Waals surface area contributed by atoms with Gasteiger partial charge in [0.15, 0.2) is 0 Å². The number of rotatable bonds is 0. The first-order valence-electron chi connectivity index (χ1n) is 4.83. The van der Waals surface area contributed by atoms with Crippen LogP contribution in [0.4, 0.5) is 0 Å². The molecule has 2 atom stereocenters. The zero-order valence-corrected chi connectivity index (χ0v) is 6.81. The summed E-state index contributed by atoms with van der Waals surface area (Å²) in [5.74, 6) is 1.91. The summed E-state index contributed by atoms with van der Waals surface area (Å²) in [5.41, 5.74) is 0.556. The maximum atomic E-state index is 11.4. The highest BCUT2D eigenvalue weighted by Gasteiger charge is 2.57. The Kier molecular flexibility index (Phi) is 0.961. The highest BCUT2D eigenvalue weighted by molar-refractivity contribution is 5.85. The van der Waals surface area contributed by atoms with Gasteiger partial charge in [-0.05, 0) is 37.0 Å². The first-order valence-corrected chi connectivity index (χ1v) is 4.83. The molecule has 60 valence electrons. The topological polar surface area (TPSA) is 17.1 Å². The van der Waals surface area contributed by atoms with E-state index in [1.807, 2.05) is 0 Å². The maximum Gasteiger partial charge on any atom is 0.136 e. The van der Waals surface area contributed by atoms with E-state index in [1.54, 1.807) is 0 Å². The number of fused-ring (bicyclic) bond motifs is 3. The van der Waals surface area contributed by atoms with Gasteiger partial charge >= 0.3 is 0 Å². The second-order valence-electron chi connectivity index (χ2n) is 4.74. The van der Waals surface area contributed by atoms with Gasteiger partial charge in [0.1, 0.15) is 5.78 Å². The molecule has 1 heteroatoms. The highest BCUT2D eigenvalue weighted by Crippen LogP contribution is 2.63. The van der Waals surface area contributed by atoms with Gasteiger partial charge in [-0.2, -0.15) is 0 Å². The largest absolute Gasteiger partial charge is 0.299 e. The number of hydrogen-bond acceptors (Lipinski definition) is 1. The molecule has 2 bridgehead atoms. The van der Waals surface area contributed by atoms with Crippen molar-refractivity contribution in [3.63, 3.8) is 0 Å². The van der Waals surface area contributed by atoms with E-state index in [2.05, 4.69) is 0 Å². The molecule has 1 spiro atoms. The minimum absolute atomic E-state index is 0.515. The Morgan fingerprint density at radius 3 is 2.55 bits per heavy atom. The monoisotopic (exact) mass is 150 g/mol. The number of hydrogen-bond donors (Lipinski definition) is 0. The van der Waals surface area contributed by atoms with Crippen LogP contribution in [0.1, 0.15) is 38.5 Å². The van der Waals surface area contributed by atoms with Gasteiger partial charge in [-0.15, -0.1) is 0 Å². The van der Waals surface area contributed by atoms with Crippen molar-refractivity contribution in [3.8, 4) is 0 Å². The normalized spacial score (nSPS) is 44.9. The standard InChI is InChI=1S/C10H14O/c11-9-5-7-4-8(9)10(6-7)2-1-3-10/h7-8H,1-6H2. The van der Waals surface area contributed by atoms with Gasteiger partial charge in [0.05, 0.1) is 0 Å². The summed E-state index contributed by atoms with van der Waals surface area (Å²) < 4.78 is 0. The van der Waals surface area contributed by atoms with Crippen molar-refractivity contribution in [2.24, 2.45) is 17.3 Å². The van der Waals surface area contributed by atoms with Crippen LogP contribution < -0.4 is 0 Å². The first-order chi connectivity index (χ1) is 5.30. The number of Topliss-reactive ketones (excluding diaryl/α,β-unsaturated/α-hetero) is 1. The lowest BCUT2D eigenvalue weighted by atomic mass is 9.59. The molecule has 0 saturated heterocycles. The zero-order chi connectivity index (χ0) is 7.47. The average molecular weight is 150 g/mol. The fraction of sp³-hybridized carbons (Fsp3) is 0.900. The van der Waals surface area contributed by atoms with E-state index >= 15 is 0 Å². The van der Waals surface area contributed by atoms with Gasteiger partial charge in [0.2, 0.25) is 0 Å². The van der Waals surface area contributed by atoms with Crippen molar-refractivity contribution in [1.29, 1.82) is 0 Å². The number of ketones is 1. The number of carbonyl (C=O) groups is 1. The molecule has 3 aliphatic carbocycles. The van der Waals surface area contributed by atoms with Gasteiger partial charge in [-0.1, -0.05) is 6.42 Å². The summed E-state index contributed by atoms with van der Waals surface area (Å²) in [4.78, 5) is 11.4. The summed E-state index contributed by atoms with van der Waals surface area (Å²) in [6.07, 6.45) is 7.67. The predicted octanol–water partition coefficient (Wildman–Crippen LogP) is 2.16. The van der Waals surface area contributed by atoms with Crippen LogP contribution in [0.3, 0.4) is 0 Å². The SMILES string of the molecule is O=C1CC2CC1C1(CCC1)C2. The predicted molar refractivity (Wildman–Crippen MR) is 42.1 cm³/mol. The van der Waals surface area contributed by atoms with Crippen LogP contribution in [0.15, 0.2) is 0 Å². The van der Waals surface area contributed by atoms with Crippen LogP contribution in [0.25, 0.3) is 0 Å². The van der Waals surface area contributed by atoms with Crippen molar-refractivity contribution in [2.45, 2.75) is 38.5 Å². The average Bonchev–Trinajstić information content (AvgIpc) is 2.39. The fourth-order valence-corrected chi connectivity index (χ4v) is 3.62. The molecule has 0 aromatic heterocycles. The van der Waals surface area contributed by atoms with Crippen LogP contribution >= 0.6 is 0 Å². The van der Waals surface area contributed by atoms with E-state index < -0.39 is 0 Å². The molecule has 3 rings (SSSR count). The molecule has 0 aromatic carbocycles. The van der Waals surface area contributed by atoms with Gasteiger partial charge < -0.3 is 0 Å². The molecule has 0 N–H and O–H groups in total. The Morgan fingerprint density at radius 1 is 1.36 bits per heavy atom. The third kappa shape index (κ3) is 0.605. The summed E-state index contributed by atoms with van der Waals surface area (Å²) >= 11 is 0. The highest BCUT2D eigenvalue weighted by atomic mass is 16.1. The third-order valence-electron chi connectivity index (χ3n) is 4.23. The van der Waals surface area contributed by atoms with Crippen molar-refractivity contribution in [2.75, 3.05) is 0 Å². The molecule has 3 fully saturated rings. The summed E-state index contributed by atoms with van der Waals surface area (Å²) in [6.45, 7) is 0. The van der Waals surface area contributed by atoms with E-state index in [-0.39, 0.29) is 0 Å². The molecule has 0 radical (unpaired) electrons. The molecule has 0 aliphatic heterocycles. The zero-order valence-electron chi connectivity index (χ0n) is 6.81. The second kappa shape index (κ2) is 1.70. The molecule has 11 heavy (non-hydrogen) atoms. The van der Waals surface area contributed by atoms with Crippen molar-refractivity contribution in [1.82, 2.24) is 0 Å². The van der Waals surface area contributed by atoms with E-state index in [9.17, 15) is 4.79 Å². The summed E-state index contributed by atoms with van der Waals surface area (Å²) in [7, 11) is 0. The maximum absolute atomic E-state index is 11.4. The Hall–Kier alpha value is -0.330. The molecule has 3 aliphatic rings. The van der Waals surface area contributed by atoms with Crippen molar-refractivity contribution < 1.29 is 4.79 Å². The molecular formula is C10H14O. The van der Waals surface area contributed by atoms with Crippen LogP contribution in [0.5, 0.6) is 0 Å². The van der Waals surface area contributed by atoms with Gasteiger partial charge in [0, 0.05) is 12.3 Å². The Morgan fingerprint density at radius 2 is 2.18 bits per heavy atom. The van der Waals surface area contributed by atoms with E-state index in [0.29, 0.717) is 17.1 Å². The number of carbonyl (C=O) groups excluding carboxylic acids is 1.